The van der Waals surface area contributed by atoms with E-state index in [4.69, 9.17) is 14.2 Å². The summed E-state index contributed by atoms with van der Waals surface area (Å²) in [7, 11) is -4.65. The van der Waals surface area contributed by atoms with Crippen LogP contribution >= 0.6 is 0 Å². The van der Waals surface area contributed by atoms with Crippen LogP contribution in [0.15, 0.2) is 84.0 Å². The van der Waals surface area contributed by atoms with Gasteiger partial charge in [-0.1, -0.05) is 24.3 Å². The number of amides is 1. The number of likely N-dealkylation sites (tertiary alicyclic amines) is 1. The molecule has 2 aromatic heterocycles. The molecular formula is C49H56N8O8S. The Morgan fingerprint density at radius 1 is 0.939 bits per heavy atom. The van der Waals surface area contributed by atoms with Gasteiger partial charge in [0.15, 0.2) is 11.4 Å². The fourth-order valence-corrected chi connectivity index (χ4v) is 12.2. The number of benzene rings is 3. The summed E-state index contributed by atoms with van der Waals surface area (Å²) in [6.07, 6.45) is 13.5. The van der Waals surface area contributed by atoms with Crippen LogP contribution in [0.25, 0.3) is 11.0 Å². The predicted molar refractivity (Wildman–Crippen MR) is 249 cm³/mol. The first-order valence-electron chi connectivity index (χ1n) is 23.5. The zero-order chi connectivity index (χ0) is 45.0. The molecular weight excluding hydrogens is 861 g/mol. The molecule has 6 heterocycles. The standard InChI is InChI=1S/C49H56N8O8S/c58-48(53-66(61,62)38-26-43(57(59)60)46-45(27-38)64-21-12-34(52-46)31-54-19-22-63-23-20-54)41-10-9-35(25-44(41)65-37-24-33-11-15-50-47(33)51-30-37)55-17-13-49(14-18-55)28-36(29-49)56-16-3-6-42(56)40-5-2-1-4-39(40)32-7-8-32/h1-2,4-5,9-11,15,24-27,30,32,34,36,42,52H,3,6-8,12-14,16-23,28-29,31H2,(H,50,51)(H,53,58)/t34-,42-/m1/s1. The summed E-state index contributed by atoms with van der Waals surface area (Å²) in [6.45, 7) is 6.41. The van der Waals surface area contributed by atoms with Crippen molar-refractivity contribution in [2.24, 2.45) is 5.41 Å². The van der Waals surface area contributed by atoms with Crippen LogP contribution in [0.2, 0.25) is 0 Å². The molecule has 1 amide bonds. The largest absolute Gasteiger partial charge is 0.491 e. The van der Waals surface area contributed by atoms with Crippen LogP contribution in [-0.2, 0) is 14.8 Å². The molecule has 0 radical (unpaired) electrons. The highest BCUT2D eigenvalue weighted by atomic mass is 32.2. The third-order valence-corrected chi connectivity index (χ3v) is 16.2. The molecule has 5 aromatic rings. The van der Waals surface area contributed by atoms with Crippen LogP contribution < -0.4 is 24.4 Å². The molecule has 2 aliphatic carbocycles. The quantitative estimate of drug-likeness (QED) is 0.0817. The molecule has 0 unspecified atom stereocenters. The number of ether oxygens (including phenoxy) is 3. The molecule has 2 atom stereocenters. The minimum absolute atomic E-state index is 0.0247. The highest BCUT2D eigenvalue weighted by Crippen LogP contribution is 2.55. The Morgan fingerprint density at radius 3 is 2.53 bits per heavy atom. The number of nitrogens with zero attached hydrogens (tertiary/aromatic N) is 5. The maximum Gasteiger partial charge on any atom is 0.297 e. The average molecular weight is 917 g/mol. The zero-order valence-electron chi connectivity index (χ0n) is 37.0. The van der Waals surface area contributed by atoms with Gasteiger partial charge in [0.2, 0.25) is 0 Å². The van der Waals surface area contributed by atoms with Gasteiger partial charge in [-0.15, -0.1) is 0 Å². The molecule has 0 bridgehead atoms. The van der Waals surface area contributed by atoms with E-state index in [1.807, 2.05) is 12.1 Å². The molecule has 66 heavy (non-hydrogen) atoms. The van der Waals surface area contributed by atoms with Crippen LogP contribution in [-0.4, -0.2) is 110 Å². The molecule has 3 saturated heterocycles. The second-order valence-electron chi connectivity index (χ2n) is 19.1. The van der Waals surface area contributed by atoms with E-state index in [2.05, 4.69) is 59.0 Å². The lowest BCUT2D eigenvalue weighted by Crippen LogP contribution is -2.54. The Bertz CT molecular complexity index is 2760. The lowest BCUT2D eigenvalue weighted by Gasteiger charge is -2.56. The highest BCUT2D eigenvalue weighted by molar-refractivity contribution is 7.90. The van der Waals surface area contributed by atoms with E-state index in [0.29, 0.717) is 55.1 Å². The van der Waals surface area contributed by atoms with E-state index in [-0.39, 0.29) is 35.4 Å². The molecule has 16 nitrogen and oxygen atoms in total. The normalized spacial score (nSPS) is 22.5. The number of nitrogens with one attached hydrogen (secondary N) is 3. The molecule has 5 fully saturated rings. The minimum atomic E-state index is -4.65. The molecule has 3 N–H and O–H groups in total. The van der Waals surface area contributed by atoms with E-state index in [1.54, 1.807) is 41.7 Å². The summed E-state index contributed by atoms with van der Waals surface area (Å²) in [6, 6.07) is 21.2. The van der Waals surface area contributed by atoms with Gasteiger partial charge >= 0.3 is 0 Å². The number of sulfonamides is 1. The van der Waals surface area contributed by atoms with Crippen LogP contribution in [0, 0.1) is 15.5 Å². The maximum atomic E-state index is 14.1. The van der Waals surface area contributed by atoms with Crippen LogP contribution in [0.1, 0.15) is 91.2 Å². The Balaban J connectivity index is 0.804. The van der Waals surface area contributed by atoms with Crippen molar-refractivity contribution in [1.29, 1.82) is 0 Å². The second-order valence-corrected chi connectivity index (χ2v) is 20.8. The van der Waals surface area contributed by atoms with Crippen LogP contribution in [0.4, 0.5) is 17.1 Å². The second kappa shape index (κ2) is 17.5. The number of carbonyl (C=O) groups excluding carboxylic acids is 1. The van der Waals surface area contributed by atoms with E-state index < -0.39 is 31.4 Å². The van der Waals surface area contributed by atoms with Crippen LogP contribution in [0.3, 0.4) is 0 Å². The molecule has 6 aliphatic rings. The molecule has 1 spiro atoms. The van der Waals surface area contributed by atoms with Gasteiger partial charge in [-0.2, -0.15) is 0 Å². The smallest absolute Gasteiger partial charge is 0.297 e. The molecule has 17 heteroatoms. The van der Waals surface area contributed by atoms with Crippen molar-refractivity contribution < 1.29 is 32.3 Å². The number of hydrogen-bond acceptors (Lipinski definition) is 13. The van der Waals surface area contributed by atoms with Crippen LogP contribution in [0.5, 0.6) is 17.2 Å². The molecule has 2 saturated carbocycles. The zero-order valence-corrected chi connectivity index (χ0v) is 37.8. The number of morpholine rings is 1. The highest BCUT2D eigenvalue weighted by Gasteiger charge is 2.50. The first kappa shape index (κ1) is 42.9. The van der Waals surface area contributed by atoms with Crippen molar-refractivity contribution in [2.75, 3.05) is 69.3 Å². The minimum Gasteiger partial charge on any atom is -0.491 e. The van der Waals surface area contributed by atoms with Gasteiger partial charge in [-0.3, -0.25) is 24.7 Å². The van der Waals surface area contributed by atoms with Gasteiger partial charge in [0.25, 0.3) is 21.6 Å². The number of nitro benzene ring substituents is 1. The van der Waals surface area contributed by atoms with Crippen molar-refractivity contribution in [1.82, 2.24) is 24.5 Å². The molecule has 11 rings (SSSR count). The Labute approximate surface area is 384 Å². The Kier molecular flexibility index (Phi) is 11.3. The van der Waals surface area contributed by atoms with Gasteiger partial charge in [0.05, 0.1) is 41.4 Å². The van der Waals surface area contributed by atoms with E-state index >= 15 is 0 Å². The number of aromatic amines is 1. The lowest BCUT2D eigenvalue weighted by atomic mass is 9.59. The van der Waals surface area contributed by atoms with E-state index in [0.717, 1.165) is 62.1 Å². The summed E-state index contributed by atoms with van der Waals surface area (Å²) in [5.74, 6) is 0.337. The number of piperidine rings is 1. The molecule has 3 aromatic carbocycles. The Hall–Kier alpha value is -5.75. The fraction of sp³-hybridized carbons (Fsp3) is 0.469. The fourth-order valence-electron chi connectivity index (χ4n) is 11.2. The van der Waals surface area contributed by atoms with Crippen molar-refractivity contribution in [2.45, 2.75) is 86.7 Å². The summed E-state index contributed by atoms with van der Waals surface area (Å²) in [4.78, 5) is 40.3. The van der Waals surface area contributed by atoms with Gasteiger partial charge in [-0.25, -0.2) is 18.1 Å². The SMILES string of the molecule is O=C(NS(=O)(=O)c1cc2c(c([N+](=O)[O-])c1)N[C@@H](CN1CCOCC1)CCO2)c1ccc(N2CCC3(CC2)CC(N2CCC[C@@H]2c2ccccc2C2CC2)C3)cc1Oc1cnc2[nH]ccc2c1. The number of aromatic nitrogens is 2. The number of rotatable bonds is 12. The number of fused-ring (bicyclic) bond motifs is 2. The van der Waals surface area contributed by atoms with Crippen molar-refractivity contribution >= 4 is 44.0 Å². The lowest BCUT2D eigenvalue weighted by molar-refractivity contribution is -0.384. The van der Waals surface area contributed by atoms with Gasteiger partial charge in [0.1, 0.15) is 17.1 Å². The number of carbonyl (C=O) groups is 1. The van der Waals surface area contributed by atoms with Crippen molar-refractivity contribution in [3.63, 3.8) is 0 Å². The third kappa shape index (κ3) is 8.57. The number of hydrogen-bond donors (Lipinski definition) is 3. The monoisotopic (exact) mass is 916 g/mol. The number of pyridine rings is 1. The van der Waals surface area contributed by atoms with E-state index in [1.165, 1.54) is 51.1 Å². The Morgan fingerprint density at radius 2 is 1.74 bits per heavy atom. The third-order valence-electron chi connectivity index (χ3n) is 14.9. The topological polar surface area (TPSA) is 184 Å². The molecule has 346 valence electrons. The first-order valence-corrected chi connectivity index (χ1v) is 25.0. The summed E-state index contributed by atoms with van der Waals surface area (Å²) in [5, 5.41) is 16.5. The number of H-pyrrole nitrogens is 1. The van der Waals surface area contributed by atoms with E-state index in [9.17, 15) is 23.3 Å². The van der Waals surface area contributed by atoms with Crippen molar-refractivity contribution in [3.05, 3.63) is 106 Å². The average Bonchev–Trinajstić information content (AvgIpc) is 3.92. The summed E-state index contributed by atoms with van der Waals surface area (Å²) < 4.78 is 48.0. The summed E-state index contributed by atoms with van der Waals surface area (Å²) >= 11 is 0. The van der Waals surface area contributed by atoms with Gasteiger partial charge in [-0.05, 0) is 105 Å². The summed E-state index contributed by atoms with van der Waals surface area (Å²) in [5.41, 5.74) is 4.59. The van der Waals surface area contributed by atoms with Gasteiger partial charge in [0, 0.05) is 92.7 Å². The predicted octanol–water partition coefficient (Wildman–Crippen LogP) is 7.74. The van der Waals surface area contributed by atoms with Crippen molar-refractivity contribution in [3.8, 4) is 17.2 Å². The van der Waals surface area contributed by atoms with Gasteiger partial charge < -0.3 is 29.4 Å². The number of nitro groups is 1. The number of anilines is 2. The maximum absolute atomic E-state index is 14.1. The first-order chi connectivity index (χ1) is 32.1. The molecule has 4 aliphatic heterocycles.